The fraction of sp³-hybridized carbons (Fsp3) is 0.538. The second-order valence-electron chi connectivity index (χ2n) is 4.75. The van der Waals surface area contributed by atoms with Gasteiger partial charge in [-0.1, -0.05) is 0 Å². The zero-order chi connectivity index (χ0) is 15.4. The monoisotopic (exact) mass is 300 g/mol. The predicted molar refractivity (Wildman–Crippen MR) is 72.3 cm³/mol. The van der Waals surface area contributed by atoms with E-state index in [4.69, 9.17) is 14.2 Å². The van der Waals surface area contributed by atoms with Crippen molar-refractivity contribution in [2.75, 3.05) is 26.8 Å². The zero-order valence-electron chi connectivity index (χ0n) is 11.8. The molecule has 8 heteroatoms. The first-order valence-electron chi connectivity index (χ1n) is 6.52. The second-order valence-corrected chi connectivity index (χ2v) is 4.75. The number of benzene rings is 1. The van der Waals surface area contributed by atoms with Crippen LogP contribution in [0, 0.1) is 15.9 Å². The summed E-state index contributed by atoms with van der Waals surface area (Å²) in [5, 5.41) is 13.9. The second kappa shape index (κ2) is 6.68. The Hall–Kier alpha value is -1.93. The predicted octanol–water partition coefficient (Wildman–Crippen LogP) is 1.50. The van der Waals surface area contributed by atoms with Gasteiger partial charge in [0.1, 0.15) is 12.7 Å². The van der Waals surface area contributed by atoms with Crippen molar-refractivity contribution < 1.29 is 23.5 Å². The molecule has 1 aromatic rings. The molecule has 116 valence electrons. The van der Waals surface area contributed by atoms with Gasteiger partial charge in [0, 0.05) is 19.2 Å². The van der Waals surface area contributed by atoms with Crippen LogP contribution >= 0.6 is 0 Å². The van der Waals surface area contributed by atoms with Crippen LogP contribution in [-0.2, 0) is 4.74 Å². The van der Waals surface area contributed by atoms with Gasteiger partial charge in [-0.15, -0.1) is 0 Å². The van der Waals surface area contributed by atoms with Gasteiger partial charge in [0.25, 0.3) is 0 Å². The summed E-state index contributed by atoms with van der Waals surface area (Å²) in [4.78, 5) is 10.1. The van der Waals surface area contributed by atoms with Gasteiger partial charge in [-0.05, 0) is 6.92 Å². The van der Waals surface area contributed by atoms with Crippen LogP contribution in [0.4, 0.5) is 10.1 Å². The Morgan fingerprint density at radius 1 is 1.48 bits per heavy atom. The van der Waals surface area contributed by atoms with E-state index in [0.29, 0.717) is 6.54 Å². The number of ether oxygens (including phenoxy) is 3. The minimum atomic E-state index is -0.806. The summed E-state index contributed by atoms with van der Waals surface area (Å²) in [5.41, 5.74) is -0.438. The molecule has 2 unspecified atom stereocenters. The largest absolute Gasteiger partial charge is 0.490 e. The highest BCUT2D eigenvalue weighted by atomic mass is 19.1. The Kier molecular flexibility index (Phi) is 4.92. The molecule has 0 aromatic heterocycles. The van der Waals surface area contributed by atoms with E-state index >= 15 is 0 Å². The number of hydrogen-bond acceptors (Lipinski definition) is 6. The number of hydrogen-bond donors (Lipinski definition) is 1. The number of nitrogens with zero attached hydrogens (tertiary/aromatic N) is 1. The molecule has 1 aliphatic rings. The number of rotatable bonds is 5. The van der Waals surface area contributed by atoms with Crippen molar-refractivity contribution in [3.63, 3.8) is 0 Å². The molecule has 1 aliphatic heterocycles. The van der Waals surface area contributed by atoms with Crippen LogP contribution in [0.5, 0.6) is 11.5 Å². The third-order valence-electron chi connectivity index (χ3n) is 3.08. The number of morpholine rings is 1. The maximum absolute atomic E-state index is 13.8. The maximum atomic E-state index is 13.8. The zero-order valence-corrected chi connectivity index (χ0v) is 11.8. The smallest absolute Gasteiger partial charge is 0.314 e. The molecule has 1 N–H and O–H groups in total. The van der Waals surface area contributed by atoms with E-state index in [1.54, 1.807) is 0 Å². The van der Waals surface area contributed by atoms with E-state index < -0.39 is 16.4 Å². The first-order chi connectivity index (χ1) is 10.0. The quantitative estimate of drug-likeness (QED) is 0.655. The number of halogens is 1. The molecular weight excluding hydrogens is 283 g/mol. The first-order valence-corrected chi connectivity index (χ1v) is 6.52. The molecule has 0 amide bonds. The number of nitro groups is 1. The standard InChI is InChI=1S/C13H17FN2O5/c1-8-5-15-6-9(21-8)7-20-12-4-13(19-2)11(16(17)18)3-10(12)14/h3-4,8-9,15H,5-7H2,1-2H3. The van der Waals surface area contributed by atoms with Gasteiger partial charge in [0.15, 0.2) is 11.6 Å². The maximum Gasteiger partial charge on any atom is 0.314 e. The van der Waals surface area contributed by atoms with Gasteiger partial charge in [0.05, 0.1) is 24.2 Å². The van der Waals surface area contributed by atoms with E-state index in [1.165, 1.54) is 13.2 Å². The van der Waals surface area contributed by atoms with Crippen LogP contribution in [0.2, 0.25) is 0 Å². The number of nitro benzene ring substituents is 1. The van der Waals surface area contributed by atoms with E-state index in [1.807, 2.05) is 6.92 Å². The van der Waals surface area contributed by atoms with Crippen LogP contribution < -0.4 is 14.8 Å². The summed E-state index contributed by atoms with van der Waals surface area (Å²) < 4.78 is 29.7. The normalized spacial score (nSPS) is 21.9. The average Bonchev–Trinajstić information content (AvgIpc) is 2.45. The lowest BCUT2D eigenvalue weighted by molar-refractivity contribution is -0.386. The Bertz CT molecular complexity index is 526. The molecule has 2 atom stereocenters. The highest BCUT2D eigenvalue weighted by molar-refractivity contribution is 5.51. The topological polar surface area (TPSA) is 82.9 Å². The summed E-state index contributed by atoms with van der Waals surface area (Å²) in [6.45, 7) is 3.44. The molecule has 0 saturated carbocycles. The third kappa shape index (κ3) is 3.79. The van der Waals surface area contributed by atoms with Gasteiger partial charge in [-0.3, -0.25) is 10.1 Å². The molecule has 1 aromatic carbocycles. The molecule has 2 rings (SSSR count). The summed E-state index contributed by atoms with van der Waals surface area (Å²) in [6.07, 6.45) is -0.141. The molecular formula is C13H17FN2O5. The van der Waals surface area contributed by atoms with Crippen molar-refractivity contribution in [1.82, 2.24) is 5.32 Å². The first kappa shape index (κ1) is 15.5. The van der Waals surface area contributed by atoms with Crippen molar-refractivity contribution in [2.24, 2.45) is 0 Å². The van der Waals surface area contributed by atoms with Crippen LogP contribution in [0.1, 0.15) is 6.92 Å². The Morgan fingerprint density at radius 2 is 2.24 bits per heavy atom. The van der Waals surface area contributed by atoms with Crippen molar-refractivity contribution in [3.05, 3.63) is 28.1 Å². The lowest BCUT2D eigenvalue weighted by Gasteiger charge is -2.28. The van der Waals surface area contributed by atoms with Crippen molar-refractivity contribution >= 4 is 5.69 Å². The molecule has 0 radical (unpaired) electrons. The van der Waals surface area contributed by atoms with Gasteiger partial charge < -0.3 is 19.5 Å². The Balaban J connectivity index is 2.07. The minimum absolute atomic E-state index is 0.0487. The van der Waals surface area contributed by atoms with E-state index in [9.17, 15) is 14.5 Å². The van der Waals surface area contributed by atoms with E-state index in [2.05, 4.69) is 5.32 Å². The van der Waals surface area contributed by atoms with Gasteiger partial charge >= 0.3 is 5.69 Å². The van der Waals surface area contributed by atoms with Crippen LogP contribution in [0.25, 0.3) is 0 Å². The fourth-order valence-corrected chi connectivity index (χ4v) is 2.09. The lowest BCUT2D eigenvalue weighted by Crippen LogP contribution is -2.45. The van der Waals surface area contributed by atoms with Crippen molar-refractivity contribution in [3.8, 4) is 11.5 Å². The molecule has 1 fully saturated rings. The summed E-state index contributed by atoms with van der Waals surface area (Å²) in [7, 11) is 1.28. The van der Waals surface area contributed by atoms with Crippen LogP contribution in [-0.4, -0.2) is 43.9 Å². The Morgan fingerprint density at radius 3 is 2.86 bits per heavy atom. The molecule has 21 heavy (non-hydrogen) atoms. The molecule has 1 saturated heterocycles. The van der Waals surface area contributed by atoms with E-state index in [0.717, 1.165) is 12.6 Å². The lowest BCUT2D eigenvalue weighted by atomic mass is 10.2. The third-order valence-corrected chi connectivity index (χ3v) is 3.08. The Labute approximate surface area is 121 Å². The van der Waals surface area contributed by atoms with Crippen molar-refractivity contribution in [2.45, 2.75) is 19.1 Å². The molecule has 0 spiro atoms. The molecule has 0 aliphatic carbocycles. The molecule has 7 nitrogen and oxygen atoms in total. The average molecular weight is 300 g/mol. The van der Waals surface area contributed by atoms with Gasteiger partial charge in [-0.2, -0.15) is 0 Å². The van der Waals surface area contributed by atoms with Crippen molar-refractivity contribution in [1.29, 1.82) is 0 Å². The van der Waals surface area contributed by atoms with Gasteiger partial charge in [-0.25, -0.2) is 4.39 Å². The molecule has 0 bridgehead atoms. The summed E-state index contributed by atoms with van der Waals surface area (Å²) in [5.74, 6) is -0.953. The fourth-order valence-electron chi connectivity index (χ4n) is 2.09. The van der Waals surface area contributed by atoms with Crippen LogP contribution in [0.3, 0.4) is 0 Å². The minimum Gasteiger partial charge on any atom is -0.490 e. The van der Waals surface area contributed by atoms with Gasteiger partial charge in [0.2, 0.25) is 5.75 Å². The molecule has 1 heterocycles. The summed E-state index contributed by atoms with van der Waals surface area (Å²) in [6, 6.07) is 1.96. The van der Waals surface area contributed by atoms with Crippen LogP contribution in [0.15, 0.2) is 12.1 Å². The number of nitrogens with one attached hydrogen (secondary N) is 1. The highest BCUT2D eigenvalue weighted by Crippen LogP contribution is 2.33. The number of methoxy groups -OCH3 is 1. The van der Waals surface area contributed by atoms with E-state index in [-0.39, 0.29) is 30.3 Å². The highest BCUT2D eigenvalue weighted by Gasteiger charge is 2.23. The summed E-state index contributed by atoms with van der Waals surface area (Å²) >= 11 is 0. The SMILES string of the molecule is COc1cc(OCC2CNCC(C)O2)c(F)cc1[N+](=O)[O-].